The summed E-state index contributed by atoms with van der Waals surface area (Å²) in [6.45, 7) is 0.620. The normalized spacial score (nSPS) is 13.2. The van der Waals surface area contributed by atoms with E-state index in [1.54, 1.807) is 4.90 Å². The number of aryl methyl sites for hydroxylation is 1. The smallest absolute Gasteiger partial charge is 0.270 e. The largest absolute Gasteiger partial charge is 0.360 e. The van der Waals surface area contributed by atoms with Gasteiger partial charge in [0.1, 0.15) is 11.6 Å². The molecular formula is C25H22N4O. The Morgan fingerprint density at radius 2 is 1.57 bits per heavy atom. The molecule has 0 saturated carbocycles. The van der Waals surface area contributed by atoms with Crippen LogP contribution in [0.15, 0.2) is 90.6 Å². The minimum absolute atomic E-state index is 0.0817. The van der Waals surface area contributed by atoms with Crippen LogP contribution in [0.25, 0.3) is 0 Å². The minimum atomic E-state index is -0.278. The van der Waals surface area contributed by atoms with E-state index in [1.807, 2.05) is 84.9 Å². The van der Waals surface area contributed by atoms with Gasteiger partial charge in [-0.2, -0.15) is 5.26 Å². The molecular weight excluding hydrogens is 372 g/mol. The molecule has 0 bridgehead atoms. The van der Waals surface area contributed by atoms with Crippen LogP contribution < -0.4 is 15.5 Å². The van der Waals surface area contributed by atoms with Crippen molar-refractivity contribution in [2.45, 2.75) is 12.8 Å². The van der Waals surface area contributed by atoms with Crippen LogP contribution in [0.5, 0.6) is 0 Å². The van der Waals surface area contributed by atoms with Crippen molar-refractivity contribution in [3.8, 4) is 6.07 Å². The zero-order valence-corrected chi connectivity index (χ0v) is 16.5. The summed E-state index contributed by atoms with van der Waals surface area (Å²) in [4.78, 5) is 14.7. The topological polar surface area (TPSA) is 68.2 Å². The van der Waals surface area contributed by atoms with Crippen molar-refractivity contribution in [3.05, 3.63) is 96.2 Å². The second-order valence-electron chi connectivity index (χ2n) is 7.07. The monoisotopic (exact) mass is 394 g/mol. The molecule has 4 rings (SSSR count). The fourth-order valence-electron chi connectivity index (χ4n) is 3.53. The van der Waals surface area contributed by atoms with Gasteiger partial charge in [0.2, 0.25) is 0 Å². The van der Waals surface area contributed by atoms with Crippen molar-refractivity contribution in [1.29, 1.82) is 5.26 Å². The molecule has 1 aliphatic rings. The van der Waals surface area contributed by atoms with Gasteiger partial charge in [-0.1, -0.05) is 36.4 Å². The number of rotatable bonds is 5. The van der Waals surface area contributed by atoms with Crippen LogP contribution in [-0.4, -0.2) is 12.5 Å². The summed E-state index contributed by atoms with van der Waals surface area (Å²) >= 11 is 0. The minimum Gasteiger partial charge on any atom is -0.360 e. The van der Waals surface area contributed by atoms with Crippen molar-refractivity contribution >= 4 is 28.7 Å². The van der Waals surface area contributed by atoms with Crippen molar-refractivity contribution < 1.29 is 4.79 Å². The Morgan fingerprint density at radius 3 is 2.33 bits per heavy atom. The Kier molecular flexibility index (Phi) is 5.77. The van der Waals surface area contributed by atoms with Crippen molar-refractivity contribution in [3.63, 3.8) is 0 Å². The number of para-hydroxylation sites is 2. The highest BCUT2D eigenvalue weighted by Gasteiger charge is 2.24. The number of anilines is 4. The molecule has 0 saturated heterocycles. The van der Waals surface area contributed by atoms with Crippen molar-refractivity contribution in [2.24, 2.45) is 0 Å². The van der Waals surface area contributed by atoms with Gasteiger partial charge in [-0.3, -0.25) is 4.79 Å². The van der Waals surface area contributed by atoms with Gasteiger partial charge < -0.3 is 15.5 Å². The lowest BCUT2D eigenvalue weighted by atomic mass is 10.0. The Hall–Kier alpha value is -4.04. The molecule has 5 nitrogen and oxygen atoms in total. The highest BCUT2D eigenvalue weighted by Crippen LogP contribution is 2.28. The van der Waals surface area contributed by atoms with Crippen LogP contribution in [0.3, 0.4) is 0 Å². The van der Waals surface area contributed by atoms with Gasteiger partial charge >= 0.3 is 0 Å². The van der Waals surface area contributed by atoms with Gasteiger partial charge in [0.25, 0.3) is 5.91 Å². The maximum Gasteiger partial charge on any atom is 0.270 e. The molecule has 1 heterocycles. The van der Waals surface area contributed by atoms with E-state index in [1.165, 1.54) is 6.20 Å². The molecule has 0 spiro atoms. The van der Waals surface area contributed by atoms with Crippen LogP contribution in [0.1, 0.15) is 12.0 Å². The molecule has 0 aliphatic carbocycles. The highest BCUT2D eigenvalue weighted by molar-refractivity contribution is 6.09. The van der Waals surface area contributed by atoms with E-state index in [0.717, 1.165) is 41.2 Å². The van der Waals surface area contributed by atoms with E-state index < -0.39 is 0 Å². The van der Waals surface area contributed by atoms with E-state index in [0.29, 0.717) is 6.54 Å². The van der Waals surface area contributed by atoms with Crippen LogP contribution in [0.4, 0.5) is 22.7 Å². The summed E-state index contributed by atoms with van der Waals surface area (Å²) in [7, 11) is 0. The lowest BCUT2D eigenvalue weighted by Crippen LogP contribution is -2.36. The molecule has 0 aromatic heterocycles. The first-order chi connectivity index (χ1) is 14.7. The Morgan fingerprint density at radius 1 is 0.900 bits per heavy atom. The number of nitrogens with zero attached hydrogens (tertiary/aromatic N) is 2. The van der Waals surface area contributed by atoms with Gasteiger partial charge in [0.15, 0.2) is 0 Å². The third-order valence-corrected chi connectivity index (χ3v) is 5.04. The van der Waals surface area contributed by atoms with Gasteiger partial charge in [-0.15, -0.1) is 0 Å². The van der Waals surface area contributed by atoms with E-state index in [2.05, 4.69) is 10.6 Å². The Balaban J connectivity index is 1.45. The molecule has 2 N–H and O–H groups in total. The maximum absolute atomic E-state index is 13.0. The second-order valence-corrected chi connectivity index (χ2v) is 7.07. The molecule has 30 heavy (non-hydrogen) atoms. The predicted molar refractivity (Wildman–Crippen MR) is 121 cm³/mol. The Bertz CT molecular complexity index is 1100. The number of fused-ring (bicyclic) bond motifs is 1. The molecule has 0 atom stereocenters. The standard InChI is InChI=1S/C25H22N4O/c26-17-20(25(30)29-16-6-8-19-7-4-5-11-24(19)29)18-27-21-12-14-23(15-13-21)28-22-9-2-1-3-10-22/h1-5,7,9-15,18,27-28H,6,8,16H2/b20-18-. The predicted octanol–water partition coefficient (Wildman–Crippen LogP) is 5.23. The molecule has 3 aromatic carbocycles. The SMILES string of the molecule is N#C/C(=C/Nc1ccc(Nc2ccccc2)cc1)C(=O)N1CCCc2ccccc21. The summed E-state index contributed by atoms with van der Waals surface area (Å²) in [5.74, 6) is -0.278. The fraction of sp³-hybridized carbons (Fsp3) is 0.120. The first-order valence-corrected chi connectivity index (χ1v) is 9.93. The second kappa shape index (κ2) is 8.97. The molecule has 148 valence electrons. The zero-order valence-electron chi connectivity index (χ0n) is 16.5. The van der Waals surface area contributed by atoms with Crippen LogP contribution in [0.2, 0.25) is 0 Å². The summed E-state index contributed by atoms with van der Waals surface area (Å²) in [6, 6.07) is 27.5. The molecule has 0 fully saturated rings. The van der Waals surface area contributed by atoms with E-state index in [9.17, 15) is 10.1 Å². The van der Waals surface area contributed by atoms with Crippen molar-refractivity contribution in [2.75, 3.05) is 22.1 Å². The molecule has 5 heteroatoms. The first kappa shape index (κ1) is 19.3. The zero-order chi connectivity index (χ0) is 20.8. The van der Waals surface area contributed by atoms with E-state index in [4.69, 9.17) is 0 Å². The number of hydrogen-bond donors (Lipinski definition) is 2. The summed E-state index contributed by atoms with van der Waals surface area (Å²) < 4.78 is 0. The molecule has 1 aliphatic heterocycles. The highest BCUT2D eigenvalue weighted by atomic mass is 16.2. The maximum atomic E-state index is 13.0. The van der Waals surface area contributed by atoms with E-state index in [-0.39, 0.29) is 11.5 Å². The molecule has 0 unspecified atom stereocenters. The first-order valence-electron chi connectivity index (χ1n) is 9.93. The van der Waals surface area contributed by atoms with Gasteiger partial charge in [-0.25, -0.2) is 0 Å². The van der Waals surface area contributed by atoms with Gasteiger partial charge in [0.05, 0.1) is 0 Å². The third kappa shape index (κ3) is 4.34. The molecule has 3 aromatic rings. The number of hydrogen-bond acceptors (Lipinski definition) is 4. The lowest BCUT2D eigenvalue weighted by Gasteiger charge is -2.29. The number of amides is 1. The van der Waals surface area contributed by atoms with Gasteiger partial charge in [-0.05, 0) is 60.9 Å². The molecule has 1 amide bonds. The summed E-state index contributed by atoms with van der Waals surface area (Å²) in [6.07, 6.45) is 3.33. The van der Waals surface area contributed by atoms with Crippen molar-refractivity contribution in [1.82, 2.24) is 0 Å². The van der Waals surface area contributed by atoms with Crippen LogP contribution >= 0.6 is 0 Å². The van der Waals surface area contributed by atoms with Gasteiger partial charge in [0, 0.05) is 35.5 Å². The number of nitriles is 1. The quantitative estimate of drug-likeness (QED) is 0.459. The fourth-order valence-corrected chi connectivity index (χ4v) is 3.53. The average molecular weight is 394 g/mol. The number of benzene rings is 3. The number of carbonyl (C=O) groups excluding carboxylic acids is 1. The Labute approximate surface area is 176 Å². The van der Waals surface area contributed by atoms with E-state index >= 15 is 0 Å². The van der Waals surface area contributed by atoms with Crippen LogP contribution in [-0.2, 0) is 11.2 Å². The average Bonchev–Trinajstić information content (AvgIpc) is 2.80. The van der Waals surface area contributed by atoms with Crippen LogP contribution in [0, 0.1) is 11.3 Å². The summed E-state index contributed by atoms with van der Waals surface area (Å²) in [5, 5.41) is 15.9. The molecule has 0 radical (unpaired) electrons. The number of nitrogens with one attached hydrogen (secondary N) is 2. The number of carbonyl (C=O) groups is 1. The lowest BCUT2D eigenvalue weighted by molar-refractivity contribution is -0.114. The third-order valence-electron chi connectivity index (χ3n) is 5.04. The summed E-state index contributed by atoms with van der Waals surface area (Å²) in [5.41, 5.74) is 4.89.